The smallest absolute Gasteiger partial charge is 0.410 e. The van der Waals surface area contributed by atoms with Crippen LogP contribution in [0.2, 0.25) is 5.15 Å². The molecule has 0 aliphatic rings. The number of hydrogen-bond donors (Lipinski definition) is 3. The molecule has 1 aromatic heterocycles. The van der Waals surface area contributed by atoms with Crippen LogP contribution in [0.1, 0.15) is 57.2 Å². The lowest BCUT2D eigenvalue weighted by atomic mass is 10.2. The van der Waals surface area contributed by atoms with Crippen molar-refractivity contribution in [2.24, 2.45) is 5.73 Å². The number of ether oxygens (including phenoxy) is 2. The summed E-state index contributed by atoms with van der Waals surface area (Å²) in [6, 6.07) is 3.14. The second kappa shape index (κ2) is 13.2. The van der Waals surface area contributed by atoms with Crippen molar-refractivity contribution in [2.75, 3.05) is 25.5 Å². The van der Waals surface area contributed by atoms with E-state index in [2.05, 4.69) is 20.6 Å². The molecule has 208 valence electrons. The van der Waals surface area contributed by atoms with Gasteiger partial charge in [0.2, 0.25) is 5.91 Å². The van der Waals surface area contributed by atoms with E-state index in [4.69, 9.17) is 26.8 Å². The van der Waals surface area contributed by atoms with Gasteiger partial charge in [-0.05, 0) is 46.6 Å². The van der Waals surface area contributed by atoms with Crippen molar-refractivity contribution in [3.63, 3.8) is 0 Å². The molecule has 1 aromatic carbocycles. The third-order valence-corrected chi connectivity index (χ3v) is 5.46. The fourth-order valence-corrected chi connectivity index (χ4v) is 3.34. The molecule has 0 fully saturated rings. The molecule has 13 heteroatoms. The van der Waals surface area contributed by atoms with Crippen LogP contribution in [0, 0.1) is 5.82 Å². The van der Waals surface area contributed by atoms with E-state index in [1.165, 1.54) is 30.1 Å². The standard InChI is InChI=1S/C25H34ClFN6O5/c1-7-18-20(26)32-22(19(31-18)21(28)34)30-16-11-15(27)12-17(13-16)37-10-8-9-29-23(35)14(2)33(6)24(36)38-25(3,4)5/h11-14H,7-10H2,1-6H3,(H2,28,34)(H,29,35)(H,30,32)/t14-/m0/s1. The third-order valence-electron chi connectivity index (χ3n) is 5.15. The van der Waals surface area contributed by atoms with E-state index >= 15 is 0 Å². The number of primary amides is 1. The minimum Gasteiger partial charge on any atom is -0.493 e. The van der Waals surface area contributed by atoms with Gasteiger partial charge < -0.3 is 25.8 Å². The first-order valence-corrected chi connectivity index (χ1v) is 12.4. The molecule has 1 heterocycles. The molecule has 0 bridgehead atoms. The molecular formula is C25H34ClFN6O5. The largest absolute Gasteiger partial charge is 0.493 e. The van der Waals surface area contributed by atoms with Gasteiger partial charge in [0.1, 0.15) is 23.2 Å². The van der Waals surface area contributed by atoms with Crippen molar-refractivity contribution in [3.05, 3.63) is 40.6 Å². The minimum atomic E-state index is -0.812. The summed E-state index contributed by atoms with van der Waals surface area (Å²) in [5.74, 6) is -1.56. The van der Waals surface area contributed by atoms with Crippen molar-refractivity contribution in [3.8, 4) is 5.75 Å². The molecule has 0 saturated heterocycles. The molecule has 0 unspecified atom stereocenters. The predicted octanol–water partition coefficient (Wildman–Crippen LogP) is 3.81. The molecule has 0 aliphatic carbocycles. The van der Waals surface area contributed by atoms with Gasteiger partial charge in [-0.15, -0.1) is 0 Å². The van der Waals surface area contributed by atoms with Crippen LogP contribution in [-0.2, 0) is 16.0 Å². The number of anilines is 2. The number of hydrogen-bond acceptors (Lipinski definition) is 8. The van der Waals surface area contributed by atoms with E-state index in [0.717, 1.165) is 0 Å². The van der Waals surface area contributed by atoms with Gasteiger partial charge >= 0.3 is 6.09 Å². The maximum absolute atomic E-state index is 14.2. The zero-order valence-electron chi connectivity index (χ0n) is 22.4. The van der Waals surface area contributed by atoms with Gasteiger partial charge in [0.25, 0.3) is 5.91 Å². The molecule has 4 N–H and O–H groups in total. The number of likely N-dealkylation sites (N-methyl/N-ethyl adjacent to an activating group) is 1. The topological polar surface area (TPSA) is 149 Å². The fourth-order valence-electron chi connectivity index (χ4n) is 3.08. The zero-order chi connectivity index (χ0) is 28.6. The molecule has 38 heavy (non-hydrogen) atoms. The number of aryl methyl sites for hydroxylation is 1. The zero-order valence-corrected chi connectivity index (χ0v) is 23.1. The fraction of sp³-hybridized carbons (Fsp3) is 0.480. The molecule has 0 radical (unpaired) electrons. The second-order valence-corrected chi connectivity index (χ2v) is 9.80. The highest BCUT2D eigenvalue weighted by Gasteiger charge is 2.26. The number of halogens is 2. The Morgan fingerprint density at radius 2 is 1.89 bits per heavy atom. The molecule has 2 aromatic rings. The van der Waals surface area contributed by atoms with E-state index in [0.29, 0.717) is 18.5 Å². The lowest BCUT2D eigenvalue weighted by molar-refractivity contribution is -0.125. The van der Waals surface area contributed by atoms with Gasteiger partial charge in [0.15, 0.2) is 16.7 Å². The predicted molar refractivity (Wildman–Crippen MR) is 141 cm³/mol. The number of carbonyl (C=O) groups excluding carboxylic acids is 3. The lowest BCUT2D eigenvalue weighted by Crippen LogP contribution is -2.47. The number of aromatic nitrogens is 2. The normalized spacial score (nSPS) is 11.9. The molecular weight excluding hydrogens is 519 g/mol. The summed E-state index contributed by atoms with van der Waals surface area (Å²) in [7, 11) is 1.49. The van der Waals surface area contributed by atoms with Crippen molar-refractivity contribution >= 4 is 41.0 Å². The summed E-state index contributed by atoms with van der Waals surface area (Å²) in [6.45, 7) is 9.06. The summed E-state index contributed by atoms with van der Waals surface area (Å²) in [4.78, 5) is 45.8. The molecule has 2 rings (SSSR count). The van der Waals surface area contributed by atoms with Crippen LogP contribution in [0.15, 0.2) is 18.2 Å². The maximum atomic E-state index is 14.2. The van der Waals surface area contributed by atoms with E-state index in [1.54, 1.807) is 34.6 Å². The number of amides is 3. The first kappa shape index (κ1) is 30.6. The Morgan fingerprint density at radius 1 is 1.21 bits per heavy atom. The molecule has 0 aliphatic heterocycles. The Bertz CT molecular complexity index is 1170. The van der Waals surface area contributed by atoms with E-state index in [9.17, 15) is 18.8 Å². The summed E-state index contributed by atoms with van der Waals surface area (Å²) < 4.78 is 25.1. The van der Waals surface area contributed by atoms with Crippen molar-refractivity contribution in [2.45, 2.75) is 59.1 Å². The Hall–Kier alpha value is -3.67. The van der Waals surface area contributed by atoms with E-state index < -0.39 is 29.5 Å². The molecule has 3 amide bonds. The summed E-state index contributed by atoms with van der Waals surface area (Å²) in [5.41, 5.74) is 5.27. The Morgan fingerprint density at radius 3 is 2.50 bits per heavy atom. The Labute approximate surface area is 226 Å². The SMILES string of the molecule is CCc1nc(C(N)=O)c(Nc2cc(F)cc(OCCCNC(=O)[C@H](C)N(C)C(=O)OC(C)(C)C)c2)nc1Cl. The van der Waals surface area contributed by atoms with Crippen LogP contribution in [0.4, 0.5) is 20.7 Å². The number of carbonyl (C=O) groups is 3. The quantitative estimate of drug-likeness (QED) is 0.356. The van der Waals surface area contributed by atoms with Crippen molar-refractivity contribution < 1.29 is 28.2 Å². The first-order valence-electron chi connectivity index (χ1n) is 12.0. The van der Waals surface area contributed by atoms with Gasteiger partial charge in [0, 0.05) is 31.4 Å². The number of nitrogens with one attached hydrogen (secondary N) is 2. The highest BCUT2D eigenvalue weighted by atomic mass is 35.5. The highest BCUT2D eigenvalue weighted by molar-refractivity contribution is 6.30. The Balaban J connectivity index is 1.93. The number of benzene rings is 1. The average molecular weight is 553 g/mol. The Kier molecular flexibility index (Phi) is 10.6. The van der Waals surface area contributed by atoms with Crippen LogP contribution in [0.5, 0.6) is 5.75 Å². The highest BCUT2D eigenvalue weighted by Crippen LogP contribution is 2.26. The molecule has 0 spiro atoms. The molecule has 0 saturated carbocycles. The maximum Gasteiger partial charge on any atom is 0.410 e. The van der Waals surface area contributed by atoms with E-state index in [1.807, 2.05) is 0 Å². The van der Waals surface area contributed by atoms with Crippen LogP contribution >= 0.6 is 11.6 Å². The lowest BCUT2D eigenvalue weighted by Gasteiger charge is -2.28. The van der Waals surface area contributed by atoms with Crippen molar-refractivity contribution in [1.82, 2.24) is 20.2 Å². The van der Waals surface area contributed by atoms with E-state index in [-0.39, 0.29) is 47.2 Å². The molecule has 1 atom stereocenters. The van der Waals surface area contributed by atoms with Crippen molar-refractivity contribution in [1.29, 1.82) is 0 Å². The second-order valence-electron chi connectivity index (χ2n) is 9.44. The van der Waals surface area contributed by atoms with Gasteiger partial charge in [-0.2, -0.15) is 0 Å². The first-order chi connectivity index (χ1) is 17.7. The minimum absolute atomic E-state index is 0.00979. The summed E-state index contributed by atoms with van der Waals surface area (Å²) >= 11 is 6.11. The van der Waals surface area contributed by atoms with Gasteiger partial charge in [-0.3, -0.25) is 14.5 Å². The van der Waals surface area contributed by atoms with Gasteiger partial charge in [0.05, 0.1) is 12.3 Å². The van der Waals surface area contributed by atoms with Crippen LogP contribution in [-0.4, -0.2) is 64.6 Å². The van der Waals surface area contributed by atoms with Crippen LogP contribution in [0.3, 0.4) is 0 Å². The number of rotatable bonds is 11. The molecule has 11 nitrogen and oxygen atoms in total. The number of nitrogens with zero attached hydrogens (tertiary/aromatic N) is 3. The monoisotopic (exact) mass is 552 g/mol. The van der Waals surface area contributed by atoms with Crippen LogP contribution in [0.25, 0.3) is 0 Å². The van der Waals surface area contributed by atoms with Gasteiger partial charge in [-0.1, -0.05) is 18.5 Å². The average Bonchev–Trinajstić information content (AvgIpc) is 2.81. The number of nitrogens with two attached hydrogens (primary N) is 1. The summed E-state index contributed by atoms with van der Waals surface area (Å²) in [5, 5.41) is 5.64. The third kappa shape index (κ3) is 9.02. The van der Waals surface area contributed by atoms with Crippen LogP contribution < -0.4 is 21.1 Å². The summed E-state index contributed by atoms with van der Waals surface area (Å²) in [6.07, 6.45) is 0.264. The van der Waals surface area contributed by atoms with Gasteiger partial charge in [-0.25, -0.2) is 19.2 Å².